The van der Waals surface area contributed by atoms with E-state index in [2.05, 4.69) is 15.4 Å². The van der Waals surface area contributed by atoms with E-state index in [0.717, 1.165) is 0 Å². The van der Waals surface area contributed by atoms with Gasteiger partial charge in [0.2, 0.25) is 0 Å². The fraction of sp³-hybridized carbons (Fsp3) is 0.526. The van der Waals surface area contributed by atoms with Crippen LogP contribution in [0.15, 0.2) is 23.2 Å². The molecule has 0 saturated heterocycles. The third kappa shape index (κ3) is 10.7. The van der Waals surface area contributed by atoms with Gasteiger partial charge in [-0.1, -0.05) is 43.1 Å². The summed E-state index contributed by atoms with van der Waals surface area (Å²) in [6, 6.07) is 3.23. The fourth-order valence-corrected chi connectivity index (χ4v) is 3.46. The van der Waals surface area contributed by atoms with Crippen LogP contribution in [-0.4, -0.2) is 43.5 Å². The third-order valence-electron chi connectivity index (χ3n) is 4.24. The summed E-state index contributed by atoms with van der Waals surface area (Å²) < 4.78 is 18.0. The molecule has 1 aromatic rings. The number of nitrogens with one attached hydrogen (secondary N) is 2. The van der Waals surface area contributed by atoms with Crippen LogP contribution in [0, 0.1) is 5.92 Å². The van der Waals surface area contributed by atoms with Crippen molar-refractivity contribution in [2.24, 2.45) is 22.4 Å². The van der Waals surface area contributed by atoms with Crippen LogP contribution in [0.2, 0.25) is 10.0 Å². The number of halogens is 3. The predicted octanol–water partition coefficient (Wildman–Crippen LogP) is 2.94. The zero-order valence-electron chi connectivity index (χ0n) is 18.0. The molecule has 1 unspecified atom stereocenters. The number of ether oxygens (including phenoxy) is 1. The van der Waals surface area contributed by atoms with E-state index in [9.17, 15) is 13.8 Å². The van der Waals surface area contributed by atoms with E-state index in [-0.39, 0.29) is 31.4 Å². The minimum atomic E-state index is -2.38. The van der Waals surface area contributed by atoms with E-state index in [0.29, 0.717) is 28.5 Å². The number of hydrogen-bond donors (Lipinski definition) is 4. The van der Waals surface area contributed by atoms with Crippen molar-refractivity contribution >= 4 is 55.7 Å². The molecule has 176 valence electrons. The van der Waals surface area contributed by atoms with E-state index in [1.807, 2.05) is 13.8 Å². The molecule has 1 amide bonds. The van der Waals surface area contributed by atoms with Gasteiger partial charge in [-0.15, -0.1) is 0 Å². The van der Waals surface area contributed by atoms with E-state index >= 15 is 0 Å². The molecular weight excluding hydrogens is 478 g/mol. The molecule has 0 bridgehead atoms. The number of carbonyl (C=O) groups excluding carboxylic acids is 2. The summed E-state index contributed by atoms with van der Waals surface area (Å²) in [5, 5.41) is 5.57. The predicted molar refractivity (Wildman–Crippen MR) is 128 cm³/mol. The van der Waals surface area contributed by atoms with Gasteiger partial charge in [-0.25, -0.2) is 4.79 Å². The van der Waals surface area contributed by atoms with Crippen LogP contribution in [-0.2, 0) is 20.9 Å². The second-order valence-corrected chi connectivity index (χ2v) is 9.10. The fourth-order valence-electron chi connectivity index (χ4n) is 2.66. The molecule has 0 fully saturated rings. The van der Waals surface area contributed by atoms with Gasteiger partial charge in [-0.05, 0) is 18.1 Å². The number of aliphatic imine (C=N–C) groups is 1. The van der Waals surface area contributed by atoms with Gasteiger partial charge in [-0.3, -0.25) is 0 Å². The number of nitrogens with zero attached hydrogens (tertiary/aromatic N) is 1. The number of esters is 1. The van der Waals surface area contributed by atoms with Crippen LogP contribution in [0.3, 0.4) is 0 Å². The molecule has 13 heteroatoms. The van der Waals surface area contributed by atoms with Crippen molar-refractivity contribution < 1.29 is 18.5 Å². The average Bonchev–Trinajstić information content (AvgIpc) is 2.69. The summed E-state index contributed by atoms with van der Waals surface area (Å²) in [5.74, 6) is -1.10. The van der Waals surface area contributed by atoms with Gasteiger partial charge in [-0.2, -0.15) is 0 Å². The first-order chi connectivity index (χ1) is 15.0. The molecule has 1 rings (SSSR count). The second kappa shape index (κ2) is 14.4. The SMILES string of the molecule is B#P(F)NC(N)=NCCC[C@@H](N)C(=O)N[C@@H](CC(C)C)C(=O)OCc1c(Cl)cccc1Cl. The summed E-state index contributed by atoms with van der Waals surface area (Å²) in [7, 11) is 2.58. The van der Waals surface area contributed by atoms with Crippen LogP contribution >= 0.6 is 30.9 Å². The number of benzene rings is 1. The molecular formula is C19H28BCl2FN5O3P. The first-order valence-corrected chi connectivity index (χ1v) is 12.0. The molecule has 0 aromatic heterocycles. The molecule has 0 spiro atoms. The van der Waals surface area contributed by atoms with Gasteiger partial charge < -0.3 is 4.74 Å². The molecule has 0 aliphatic rings. The molecule has 3 atom stereocenters. The Balaban J connectivity index is 2.62. The van der Waals surface area contributed by atoms with E-state index < -0.39 is 31.7 Å². The van der Waals surface area contributed by atoms with Gasteiger partial charge in [0.15, 0.2) is 0 Å². The first kappa shape index (κ1) is 28.3. The maximum atomic E-state index is 12.6. The minimum absolute atomic E-state index is 0.112. The summed E-state index contributed by atoms with van der Waals surface area (Å²) in [6.07, 6.45) is 1.08. The first-order valence-electron chi connectivity index (χ1n) is 9.93. The zero-order valence-corrected chi connectivity index (χ0v) is 20.4. The number of rotatable bonds is 11. The molecule has 1 aromatic carbocycles. The van der Waals surface area contributed by atoms with Crippen molar-refractivity contribution in [2.45, 2.75) is 51.8 Å². The average molecular weight is 506 g/mol. The third-order valence-corrected chi connectivity index (χ3v) is 5.39. The standard InChI is InChI=1S/C19H28BCl2FN5O3P/c1-11(2)9-16(18(30)31-10-12-13(21)5-3-6-14(12)22)27-17(29)15(24)7-4-8-26-19(25)28-32(20)23/h3,5-6,11,15-16H,4,7-10,24H2,1-2H3,(H,27,29)(H3,25,26,28)/t15-,16+/m1/s1. The molecule has 0 radical (unpaired) electrons. The van der Waals surface area contributed by atoms with E-state index in [4.69, 9.17) is 46.4 Å². The Hall–Kier alpha value is -1.74. The summed E-state index contributed by atoms with van der Waals surface area (Å²) in [5.41, 5.74) is 11.9. The van der Waals surface area contributed by atoms with Gasteiger partial charge in [0.05, 0.1) is 0 Å². The number of nitrogens with two attached hydrogens (primary N) is 2. The second-order valence-electron chi connectivity index (χ2n) is 7.44. The summed E-state index contributed by atoms with van der Waals surface area (Å²) in [6.45, 7) is 3.95. The molecule has 0 saturated carbocycles. The van der Waals surface area contributed by atoms with Crippen molar-refractivity contribution in [3.8, 4) is 0 Å². The Labute approximate surface area is 199 Å². The van der Waals surface area contributed by atoms with Crippen LogP contribution in [0.25, 0.3) is 0 Å². The maximum absolute atomic E-state index is 12.6. The van der Waals surface area contributed by atoms with Gasteiger partial charge >= 0.3 is 106 Å². The van der Waals surface area contributed by atoms with Crippen LogP contribution in [0.4, 0.5) is 4.20 Å². The van der Waals surface area contributed by atoms with Gasteiger partial charge in [0, 0.05) is 15.6 Å². The van der Waals surface area contributed by atoms with E-state index in [1.54, 1.807) is 18.2 Å². The zero-order chi connectivity index (χ0) is 24.3. The van der Waals surface area contributed by atoms with Crippen molar-refractivity contribution in [2.75, 3.05) is 6.54 Å². The Morgan fingerprint density at radius 3 is 2.50 bits per heavy atom. The molecule has 32 heavy (non-hydrogen) atoms. The normalized spacial score (nSPS) is 14.0. The molecule has 0 heterocycles. The van der Waals surface area contributed by atoms with Crippen molar-refractivity contribution in [3.63, 3.8) is 0 Å². The Bertz CT molecular complexity index is 877. The minimum Gasteiger partial charge on any atom is -0.459 e. The number of amides is 1. The molecule has 6 N–H and O–H groups in total. The number of guanidine groups is 1. The van der Waals surface area contributed by atoms with Crippen LogP contribution in [0.5, 0.6) is 0 Å². The monoisotopic (exact) mass is 505 g/mol. The van der Waals surface area contributed by atoms with Crippen LogP contribution < -0.4 is 21.9 Å². The molecule has 0 aliphatic heterocycles. The summed E-state index contributed by atoms with van der Waals surface area (Å²) >= 11 is 12.2. The Kier molecular flexibility index (Phi) is 12.8. The van der Waals surface area contributed by atoms with E-state index in [1.165, 1.54) is 0 Å². The Morgan fingerprint density at radius 1 is 1.31 bits per heavy atom. The van der Waals surface area contributed by atoms with Crippen molar-refractivity contribution in [3.05, 3.63) is 33.8 Å². The van der Waals surface area contributed by atoms with Gasteiger partial charge in [0.25, 0.3) is 0 Å². The Morgan fingerprint density at radius 2 is 1.94 bits per heavy atom. The van der Waals surface area contributed by atoms with Crippen molar-refractivity contribution in [1.82, 2.24) is 10.4 Å². The smallest absolute Gasteiger partial charge is 0.459 e. The van der Waals surface area contributed by atoms with Gasteiger partial charge in [0.1, 0.15) is 6.61 Å². The number of carbonyl (C=O) groups is 2. The van der Waals surface area contributed by atoms with Crippen molar-refractivity contribution in [1.29, 1.82) is 0 Å². The van der Waals surface area contributed by atoms with Crippen LogP contribution in [0.1, 0.15) is 38.7 Å². The molecule has 0 aliphatic carbocycles. The quantitative estimate of drug-likeness (QED) is 0.0912. The topological polar surface area (TPSA) is 132 Å². The summed E-state index contributed by atoms with van der Waals surface area (Å²) in [4.78, 5) is 29.0. The number of hydrogen-bond acceptors (Lipinski definition) is 5. The molecule has 8 nitrogen and oxygen atoms in total.